The second-order valence-electron chi connectivity index (χ2n) is 14.9. The molecule has 1 unspecified atom stereocenters. The van der Waals surface area contributed by atoms with Gasteiger partial charge in [0.2, 0.25) is 0 Å². The molecule has 3 aliphatic carbocycles. The largest absolute Gasteiger partial charge is 0.497 e. The van der Waals surface area contributed by atoms with Crippen molar-refractivity contribution in [2.24, 2.45) is 28.2 Å². The third-order valence-electron chi connectivity index (χ3n) is 11.7. The summed E-state index contributed by atoms with van der Waals surface area (Å²) in [7, 11) is 1.50. The number of aromatic nitrogens is 3. The number of benzene rings is 2. The Balaban J connectivity index is 1.23. The van der Waals surface area contributed by atoms with Gasteiger partial charge in [0, 0.05) is 55.9 Å². The van der Waals surface area contributed by atoms with Gasteiger partial charge in [-0.05, 0) is 91.3 Å². The lowest BCUT2D eigenvalue weighted by Gasteiger charge is -2.61. The minimum absolute atomic E-state index is 0.170. The van der Waals surface area contributed by atoms with Gasteiger partial charge >= 0.3 is 0 Å². The fraction of sp³-hybridized carbons (Fsp3) is 0.487. The van der Waals surface area contributed by atoms with Gasteiger partial charge in [-0.1, -0.05) is 26.8 Å². The molecule has 6 atom stereocenters. The fourth-order valence-electron chi connectivity index (χ4n) is 8.36. The molecule has 11 heteroatoms. The van der Waals surface area contributed by atoms with E-state index in [1.165, 1.54) is 19.6 Å². The second-order valence-corrected chi connectivity index (χ2v) is 14.9. The van der Waals surface area contributed by atoms with Crippen LogP contribution in [0.5, 0.6) is 5.75 Å². The molecule has 2 bridgehead atoms. The maximum atomic E-state index is 14.9. The summed E-state index contributed by atoms with van der Waals surface area (Å²) in [6.07, 6.45) is 4.94. The summed E-state index contributed by atoms with van der Waals surface area (Å²) >= 11 is 0. The Labute approximate surface area is 292 Å². The van der Waals surface area contributed by atoms with E-state index in [-0.39, 0.29) is 36.4 Å². The van der Waals surface area contributed by atoms with Crippen LogP contribution in [0.25, 0.3) is 22.3 Å². The number of ether oxygens (including phenoxy) is 1. The maximum absolute atomic E-state index is 14.9. The Bertz CT molecular complexity index is 1950. The van der Waals surface area contributed by atoms with Crippen molar-refractivity contribution in [3.8, 4) is 17.1 Å². The number of nitrogens with one attached hydrogen (secondary N) is 2. The summed E-state index contributed by atoms with van der Waals surface area (Å²) in [5.41, 5.74) is 2.55. The summed E-state index contributed by atoms with van der Waals surface area (Å²) in [6.45, 7) is 10.8. The van der Waals surface area contributed by atoms with Crippen LogP contribution in [0.1, 0.15) is 46.1 Å². The molecule has 4 aliphatic rings. The SMILES string of the molecule is COc1ccc(CCn2c(-c3cccnc3)nc3cc(NC(=N[C@H]4C[C@@H]5C[C@H]([C@@H]4C)C5(C)C)N4CCN[C@@H](C(C)F)C4)ccc3c2=O)c(F)c1. The monoisotopic (exact) mass is 683 g/mol. The molecule has 2 aromatic carbocycles. The van der Waals surface area contributed by atoms with Gasteiger partial charge in [-0.2, -0.15) is 0 Å². The molecule has 8 rings (SSSR count). The van der Waals surface area contributed by atoms with E-state index in [0.29, 0.717) is 76.4 Å². The van der Waals surface area contributed by atoms with Crippen LogP contribution in [0.3, 0.4) is 0 Å². The van der Waals surface area contributed by atoms with Crippen molar-refractivity contribution in [3.63, 3.8) is 0 Å². The Hall–Kier alpha value is -4.38. The molecule has 2 aromatic heterocycles. The Morgan fingerprint density at radius 3 is 2.74 bits per heavy atom. The first-order chi connectivity index (χ1) is 24.0. The highest BCUT2D eigenvalue weighted by Crippen LogP contribution is 2.61. The van der Waals surface area contributed by atoms with Crippen molar-refractivity contribution >= 4 is 22.5 Å². The van der Waals surface area contributed by atoms with Crippen LogP contribution in [-0.2, 0) is 13.0 Å². The minimum Gasteiger partial charge on any atom is -0.497 e. The summed E-state index contributed by atoms with van der Waals surface area (Å²) in [5.74, 6) is 2.96. The molecule has 1 saturated heterocycles. The van der Waals surface area contributed by atoms with Gasteiger partial charge in [0.1, 0.15) is 23.6 Å². The van der Waals surface area contributed by atoms with Crippen LogP contribution >= 0.6 is 0 Å². The highest BCUT2D eigenvalue weighted by Gasteiger charge is 2.56. The van der Waals surface area contributed by atoms with E-state index in [4.69, 9.17) is 14.7 Å². The van der Waals surface area contributed by atoms with E-state index >= 15 is 0 Å². The number of hydrogen-bond acceptors (Lipinski definition) is 6. The molecule has 2 N–H and O–H groups in total. The van der Waals surface area contributed by atoms with E-state index in [9.17, 15) is 13.6 Å². The number of nitrogens with zero attached hydrogens (tertiary/aromatic N) is 5. The van der Waals surface area contributed by atoms with Crippen molar-refractivity contribution in [1.29, 1.82) is 0 Å². The van der Waals surface area contributed by atoms with Crippen molar-refractivity contribution in [2.75, 3.05) is 32.1 Å². The van der Waals surface area contributed by atoms with Crippen molar-refractivity contribution in [2.45, 2.75) is 71.8 Å². The van der Waals surface area contributed by atoms with E-state index in [0.717, 1.165) is 18.1 Å². The first-order valence-electron chi connectivity index (χ1n) is 17.8. The van der Waals surface area contributed by atoms with Gasteiger partial charge in [-0.15, -0.1) is 0 Å². The summed E-state index contributed by atoms with van der Waals surface area (Å²) in [5, 5.41) is 7.35. The van der Waals surface area contributed by atoms with Crippen LogP contribution in [-0.4, -0.2) is 70.4 Å². The number of aliphatic imine (C=N–C) groups is 1. The molecule has 50 heavy (non-hydrogen) atoms. The topological polar surface area (TPSA) is 96.7 Å². The van der Waals surface area contributed by atoms with Crippen LogP contribution in [0, 0.1) is 29.0 Å². The Kier molecular flexibility index (Phi) is 9.36. The Morgan fingerprint density at radius 2 is 2.04 bits per heavy atom. The first kappa shape index (κ1) is 34.1. The van der Waals surface area contributed by atoms with E-state index < -0.39 is 6.17 Å². The van der Waals surface area contributed by atoms with Crippen LogP contribution in [0.15, 0.2) is 70.7 Å². The number of pyridine rings is 1. The average Bonchev–Trinajstić information content (AvgIpc) is 3.12. The van der Waals surface area contributed by atoms with E-state index in [1.807, 2.05) is 18.2 Å². The van der Waals surface area contributed by atoms with Crippen LogP contribution < -0.4 is 20.9 Å². The summed E-state index contributed by atoms with van der Waals surface area (Å²) in [6, 6.07) is 13.8. The number of guanidine groups is 1. The normalized spacial score (nSPS) is 25.2. The van der Waals surface area contributed by atoms with Crippen molar-refractivity contribution in [3.05, 3.63) is 82.7 Å². The number of fused-ring (bicyclic) bond motifs is 3. The number of hydrogen-bond donors (Lipinski definition) is 2. The first-order valence-corrected chi connectivity index (χ1v) is 17.8. The smallest absolute Gasteiger partial charge is 0.261 e. The third-order valence-corrected chi connectivity index (χ3v) is 11.7. The zero-order valence-corrected chi connectivity index (χ0v) is 29.5. The van der Waals surface area contributed by atoms with Crippen molar-refractivity contribution in [1.82, 2.24) is 24.8 Å². The summed E-state index contributed by atoms with van der Waals surface area (Å²) < 4.78 is 36.1. The van der Waals surface area contributed by atoms with E-state index in [2.05, 4.69) is 41.3 Å². The maximum Gasteiger partial charge on any atom is 0.261 e. The second kappa shape index (κ2) is 13.7. The number of alkyl halides is 1. The fourth-order valence-corrected chi connectivity index (χ4v) is 8.36. The minimum atomic E-state index is -1.000. The lowest BCUT2D eigenvalue weighted by Crippen LogP contribution is -2.58. The molecule has 3 saturated carbocycles. The van der Waals surface area contributed by atoms with Gasteiger partial charge in [0.15, 0.2) is 5.96 Å². The van der Waals surface area contributed by atoms with Gasteiger partial charge < -0.3 is 20.3 Å². The zero-order valence-electron chi connectivity index (χ0n) is 29.5. The number of aryl methyl sites for hydroxylation is 1. The van der Waals surface area contributed by atoms with Gasteiger partial charge in [-0.25, -0.2) is 18.8 Å². The zero-order chi connectivity index (χ0) is 35.2. The Morgan fingerprint density at radius 1 is 1.20 bits per heavy atom. The van der Waals surface area contributed by atoms with Gasteiger partial charge in [0.05, 0.1) is 30.1 Å². The molecule has 0 amide bonds. The lowest BCUT2D eigenvalue weighted by atomic mass is 9.45. The number of methoxy groups -OCH3 is 1. The summed E-state index contributed by atoms with van der Waals surface area (Å²) in [4.78, 5) is 30.9. The molecule has 9 nitrogen and oxygen atoms in total. The number of anilines is 1. The predicted octanol–water partition coefficient (Wildman–Crippen LogP) is 6.32. The average molecular weight is 684 g/mol. The molecule has 264 valence electrons. The molecule has 4 aromatic rings. The standard InChI is InChI=1S/C39H47F2N7O2/c1-23-31-17-27(39(31,3)4)18-33(23)46-38(47-16-14-43-35(22-47)24(2)40)44-28-9-11-30-34(19-28)45-36(26-7-6-13-42-21-26)48(37(30)49)15-12-25-8-10-29(50-5)20-32(25)41/h6-11,13,19-21,23-24,27,31,33,35,43H,12,14-18,22H2,1-5H3,(H,44,46)/t23-,24?,27-,31+,33-,35+/m0/s1. The number of rotatable bonds is 8. The van der Waals surface area contributed by atoms with Gasteiger partial charge in [0.25, 0.3) is 5.56 Å². The van der Waals surface area contributed by atoms with Crippen LogP contribution in [0.4, 0.5) is 14.5 Å². The van der Waals surface area contributed by atoms with Crippen molar-refractivity contribution < 1.29 is 13.5 Å². The van der Waals surface area contributed by atoms with E-state index in [1.54, 1.807) is 48.1 Å². The highest BCUT2D eigenvalue weighted by molar-refractivity contribution is 5.96. The number of piperazine rings is 1. The van der Waals surface area contributed by atoms with Crippen LogP contribution in [0.2, 0.25) is 0 Å². The predicted molar refractivity (Wildman–Crippen MR) is 194 cm³/mol. The molecule has 3 heterocycles. The highest BCUT2D eigenvalue weighted by atomic mass is 19.1. The molecule has 0 radical (unpaired) electrons. The molecule has 4 fully saturated rings. The molecular formula is C39H47F2N7O2. The molecular weight excluding hydrogens is 636 g/mol. The quantitative estimate of drug-likeness (QED) is 0.166. The third kappa shape index (κ3) is 6.48. The molecule has 0 spiro atoms. The molecule has 1 aliphatic heterocycles. The van der Waals surface area contributed by atoms with Gasteiger partial charge in [-0.3, -0.25) is 14.3 Å². The number of halogens is 2. The lowest BCUT2D eigenvalue weighted by molar-refractivity contribution is -0.108.